The van der Waals surface area contributed by atoms with Gasteiger partial charge in [0.1, 0.15) is 0 Å². The standard InChI is InChI=1S/C63H125NO3/c1-3-5-7-9-11-13-15-17-19-21-23-25-27-29-31-32-33-35-37-39-41-43-45-47-49-51-53-55-57-59-63(67)64-61(60-65)62(66)58-56-54-52-50-48-46-44-42-40-38-36-34-30-28-26-24-22-20-18-16-14-12-10-8-6-4-2/h21,23,61-62,65-66H,3-20,22,24-60H2,1-2H3,(H,64,67)/b23-21-. The van der Waals surface area contributed by atoms with Crippen molar-refractivity contribution in [2.75, 3.05) is 6.61 Å². The molecule has 0 saturated heterocycles. The molecule has 1 amide bonds. The summed E-state index contributed by atoms with van der Waals surface area (Å²) in [7, 11) is 0. The van der Waals surface area contributed by atoms with Crippen molar-refractivity contribution in [3.63, 3.8) is 0 Å². The first-order valence-corrected chi connectivity index (χ1v) is 31.4. The summed E-state index contributed by atoms with van der Waals surface area (Å²) in [6, 6.07) is -0.534. The predicted molar refractivity (Wildman–Crippen MR) is 299 cm³/mol. The van der Waals surface area contributed by atoms with Crippen LogP contribution in [0, 0.1) is 0 Å². The number of rotatable bonds is 59. The smallest absolute Gasteiger partial charge is 0.220 e. The summed E-state index contributed by atoms with van der Waals surface area (Å²) in [5, 5.41) is 23.4. The van der Waals surface area contributed by atoms with E-state index in [1.807, 2.05) is 0 Å². The Labute approximate surface area is 422 Å². The van der Waals surface area contributed by atoms with Gasteiger partial charge in [-0.15, -0.1) is 0 Å². The Morgan fingerprint density at radius 2 is 0.567 bits per heavy atom. The maximum Gasteiger partial charge on any atom is 0.220 e. The van der Waals surface area contributed by atoms with Crippen LogP contribution in [0.1, 0.15) is 367 Å². The highest BCUT2D eigenvalue weighted by Gasteiger charge is 2.20. The summed E-state index contributed by atoms with van der Waals surface area (Å²) >= 11 is 0. The monoisotopic (exact) mass is 944 g/mol. The fraction of sp³-hybridized carbons (Fsp3) is 0.952. The third-order valence-electron chi connectivity index (χ3n) is 15.0. The van der Waals surface area contributed by atoms with Crippen LogP contribution < -0.4 is 5.32 Å². The van der Waals surface area contributed by atoms with Crippen LogP contribution in [0.15, 0.2) is 12.2 Å². The summed E-state index contributed by atoms with van der Waals surface area (Å²) in [6.45, 7) is 4.41. The highest BCUT2D eigenvalue weighted by Crippen LogP contribution is 2.19. The number of amides is 1. The van der Waals surface area contributed by atoms with Gasteiger partial charge in [-0.05, 0) is 38.5 Å². The molecule has 0 rings (SSSR count). The minimum atomic E-state index is -0.657. The van der Waals surface area contributed by atoms with Crippen molar-refractivity contribution < 1.29 is 15.0 Å². The molecule has 400 valence electrons. The Balaban J connectivity index is 3.39. The van der Waals surface area contributed by atoms with E-state index < -0.39 is 12.1 Å². The van der Waals surface area contributed by atoms with Gasteiger partial charge in [0.25, 0.3) is 0 Å². The van der Waals surface area contributed by atoms with Crippen molar-refractivity contribution in [3.8, 4) is 0 Å². The van der Waals surface area contributed by atoms with Crippen molar-refractivity contribution in [1.29, 1.82) is 0 Å². The van der Waals surface area contributed by atoms with Gasteiger partial charge in [0.05, 0.1) is 18.8 Å². The summed E-state index contributed by atoms with van der Waals surface area (Å²) in [4.78, 5) is 12.5. The molecule has 0 aromatic heterocycles. The molecular formula is C63H125NO3. The molecule has 0 bridgehead atoms. The van der Waals surface area contributed by atoms with E-state index >= 15 is 0 Å². The zero-order chi connectivity index (χ0) is 48.5. The third kappa shape index (κ3) is 55.9. The highest BCUT2D eigenvalue weighted by atomic mass is 16.3. The number of unbranched alkanes of at least 4 members (excludes halogenated alkanes) is 50. The Morgan fingerprint density at radius 1 is 0.343 bits per heavy atom. The van der Waals surface area contributed by atoms with E-state index in [1.165, 1.54) is 315 Å². The fourth-order valence-corrected chi connectivity index (χ4v) is 10.2. The highest BCUT2D eigenvalue weighted by molar-refractivity contribution is 5.76. The van der Waals surface area contributed by atoms with E-state index in [0.717, 1.165) is 25.7 Å². The van der Waals surface area contributed by atoms with Gasteiger partial charge in [-0.25, -0.2) is 0 Å². The average molecular weight is 945 g/mol. The van der Waals surface area contributed by atoms with Gasteiger partial charge >= 0.3 is 0 Å². The van der Waals surface area contributed by atoms with Gasteiger partial charge in [-0.1, -0.05) is 334 Å². The largest absolute Gasteiger partial charge is 0.394 e. The van der Waals surface area contributed by atoms with Gasteiger partial charge in [0, 0.05) is 6.42 Å². The van der Waals surface area contributed by atoms with Gasteiger partial charge < -0.3 is 15.5 Å². The van der Waals surface area contributed by atoms with Crippen LogP contribution in [0.5, 0.6) is 0 Å². The summed E-state index contributed by atoms with van der Waals surface area (Å²) in [6.07, 6.45) is 78.0. The molecule has 2 unspecified atom stereocenters. The predicted octanol–water partition coefficient (Wildman–Crippen LogP) is 20.9. The second kappa shape index (κ2) is 59.4. The molecular weight excluding hydrogens is 819 g/mol. The molecule has 2 atom stereocenters. The normalized spacial score (nSPS) is 12.7. The lowest BCUT2D eigenvalue weighted by Crippen LogP contribution is -2.45. The second-order valence-corrected chi connectivity index (χ2v) is 21.8. The zero-order valence-corrected chi connectivity index (χ0v) is 46.2. The second-order valence-electron chi connectivity index (χ2n) is 21.8. The summed E-state index contributed by atoms with van der Waals surface area (Å²) < 4.78 is 0. The number of hydrogen-bond donors (Lipinski definition) is 3. The molecule has 0 aliphatic heterocycles. The first-order chi connectivity index (χ1) is 33.2. The Bertz CT molecular complexity index is 936. The SMILES string of the molecule is CCCCCCCCCC/C=C\CCCCCCCCCCCCCCCCCCCC(=O)NC(CO)C(O)CCCCCCCCCCCCCCCCCCCCCCCCCCCC. The van der Waals surface area contributed by atoms with Crippen LogP contribution in [0.2, 0.25) is 0 Å². The molecule has 0 aromatic carbocycles. The lowest BCUT2D eigenvalue weighted by Gasteiger charge is -2.22. The maximum absolute atomic E-state index is 12.5. The minimum Gasteiger partial charge on any atom is -0.394 e. The average Bonchev–Trinajstić information content (AvgIpc) is 3.33. The van der Waals surface area contributed by atoms with E-state index in [9.17, 15) is 15.0 Å². The number of nitrogens with one attached hydrogen (secondary N) is 1. The first-order valence-electron chi connectivity index (χ1n) is 31.4. The van der Waals surface area contributed by atoms with Gasteiger partial charge in [-0.2, -0.15) is 0 Å². The minimum absolute atomic E-state index is 0.0224. The van der Waals surface area contributed by atoms with E-state index in [2.05, 4.69) is 31.3 Å². The summed E-state index contributed by atoms with van der Waals surface area (Å²) in [5.41, 5.74) is 0. The fourth-order valence-electron chi connectivity index (χ4n) is 10.2. The molecule has 0 aliphatic carbocycles. The lowest BCUT2D eigenvalue weighted by atomic mass is 10.0. The maximum atomic E-state index is 12.5. The van der Waals surface area contributed by atoms with Crippen LogP contribution in [0.25, 0.3) is 0 Å². The van der Waals surface area contributed by atoms with Crippen molar-refractivity contribution in [1.82, 2.24) is 5.32 Å². The van der Waals surface area contributed by atoms with Crippen LogP contribution >= 0.6 is 0 Å². The molecule has 0 fully saturated rings. The van der Waals surface area contributed by atoms with E-state index in [0.29, 0.717) is 12.8 Å². The van der Waals surface area contributed by atoms with Gasteiger partial charge in [0.15, 0.2) is 0 Å². The van der Waals surface area contributed by atoms with Crippen LogP contribution in [-0.4, -0.2) is 34.9 Å². The first kappa shape index (κ1) is 66.1. The van der Waals surface area contributed by atoms with Crippen LogP contribution in [-0.2, 0) is 4.79 Å². The third-order valence-corrected chi connectivity index (χ3v) is 15.0. The molecule has 67 heavy (non-hydrogen) atoms. The van der Waals surface area contributed by atoms with Crippen molar-refractivity contribution in [2.24, 2.45) is 0 Å². The molecule has 0 saturated carbocycles. The Kier molecular flexibility index (Phi) is 58.7. The number of carbonyl (C=O) groups is 1. The molecule has 0 aliphatic rings. The van der Waals surface area contributed by atoms with Crippen molar-refractivity contribution >= 4 is 5.91 Å². The van der Waals surface area contributed by atoms with E-state index in [-0.39, 0.29) is 12.5 Å². The number of aliphatic hydroxyl groups is 2. The van der Waals surface area contributed by atoms with E-state index in [1.54, 1.807) is 0 Å². The van der Waals surface area contributed by atoms with Crippen molar-refractivity contribution in [3.05, 3.63) is 12.2 Å². The van der Waals surface area contributed by atoms with Crippen molar-refractivity contribution in [2.45, 2.75) is 379 Å². The molecule has 4 nitrogen and oxygen atoms in total. The Hall–Kier alpha value is -0.870. The van der Waals surface area contributed by atoms with E-state index in [4.69, 9.17) is 0 Å². The molecule has 3 N–H and O–H groups in total. The van der Waals surface area contributed by atoms with Crippen LogP contribution in [0.3, 0.4) is 0 Å². The van der Waals surface area contributed by atoms with Gasteiger partial charge in [0.2, 0.25) is 5.91 Å². The van der Waals surface area contributed by atoms with Gasteiger partial charge in [-0.3, -0.25) is 4.79 Å². The molecule has 0 spiro atoms. The number of allylic oxidation sites excluding steroid dienone is 2. The quantitative estimate of drug-likeness (QED) is 0.0420. The topological polar surface area (TPSA) is 69.6 Å². The number of carbonyl (C=O) groups excluding carboxylic acids is 1. The Morgan fingerprint density at radius 3 is 0.821 bits per heavy atom. The molecule has 0 radical (unpaired) electrons. The molecule has 4 heteroatoms. The lowest BCUT2D eigenvalue weighted by molar-refractivity contribution is -0.123. The molecule has 0 aromatic rings. The zero-order valence-electron chi connectivity index (χ0n) is 46.2. The number of aliphatic hydroxyl groups excluding tert-OH is 2. The van der Waals surface area contributed by atoms with Crippen LogP contribution in [0.4, 0.5) is 0 Å². The number of hydrogen-bond acceptors (Lipinski definition) is 3. The molecule has 0 heterocycles. The summed E-state index contributed by atoms with van der Waals surface area (Å²) in [5.74, 6) is -0.0224.